The molecule has 0 aromatic rings. The molecule has 0 heterocycles. The van der Waals surface area contributed by atoms with E-state index >= 15 is 0 Å². The molecule has 1 aliphatic rings. The highest BCUT2D eigenvalue weighted by Gasteiger charge is 2.46. The first-order valence-electron chi connectivity index (χ1n) is 7.94. The van der Waals surface area contributed by atoms with Gasteiger partial charge in [-0.25, -0.2) is 0 Å². The van der Waals surface area contributed by atoms with E-state index in [0.29, 0.717) is 10.8 Å². The molecule has 19 heavy (non-hydrogen) atoms. The highest BCUT2D eigenvalue weighted by molar-refractivity contribution is 4.95. The normalized spacial score (nSPS) is 31.6. The molecule has 0 amide bonds. The SMILES string of the molecule is CCCC1CCC(C)CC1(C)C(C)(C)C.OCCO. The van der Waals surface area contributed by atoms with E-state index in [1.54, 1.807) is 0 Å². The second-order valence-electron chi connectivity index (χ2n) is 7.49. The van der Waals surface area contributed by atoms with Gasteiger partial charge in [0.2, 0.25) is 0 Å². The van der Waals surface area contributed by atoms with Crippen molar-refractivity contribution < 1.29 is 10.2 Å². The van der Waals surface area contributed by atoms with E-state index in [9.17, 15) is 0 Å². The monoisotopic (exact) mass is 272 g/mol. The molecule has 2 heteroatoms. The average molecular weight is 272 g/mol. The van der Waals surface area contributed by atoms with Crippen LogP contribution in [0.5, 0.6) is 0 Å². The van der Waals surface area contributed by atoms with Crippen LogP contribution in [-0.2, 0) is 0 Å². The van der Waals surface area contributed by atoms with Crippen LogP contribution in [0, 0.1) is 22.7 Å². The van der Waals surface area contributed by atoms with Crippen LogP contribution in [0.2, 0.25) is 0 Å². The lowest BCUT2D eigenvalue weighted by molar-refractivity contribution is -0.0275. The van der Waals surface area contributed by atoms with Gasteiger partial charge in [0.15, 0.2) is 0 Å². The maximum absolute atomic E-state index is 7.62. The first kappa shape index (κ1) is 18.9. The molecule has 1 fully saturated rings. The third kappa shape index (κ3) is 5.43. The number of aliphatic hydroxyl groups excluding tert-OH is 2. The minimum Gasteiger partial charge on any atom is -0.394 e. The summed E-state index contributed by atoms with van der Waals surface area (Å²) in [6.07, 6.45) is 7.13. The van der Waals surface area contributed by atoms with Gasteiger partial charge in [-0.3, -0.25) is 0 Å². The summed E-state index contributed by atoms with van der Waals surface area (Å²) >= 11 is 0. The Morgan fingerprint density at radius 2 is 1.63 bits per heavy atom. The lowest BCUT2D eigenvalue weighted by atomic mass is 9.53. The molecule has 0 aliphatic heterocycles. The molecule has 1 rings (SSSR count). The van der Waals surface area contributed by atoms with Gasteiger partial charge in [-0.2, -0.15) is 0 Å². The molecule has 1 saturated carbocycles. The third-order valence-corrected chi connectivity index (χ3v) is 5.13. The quantitative estimate of drug-likeness (QED) is 0.806. The highest BCUT2D eigenvalue weighted by Crippen LogP contribution is 2.55. The summed E-state index contributed by atoms with van der Waals surface area (Å²) in [7, 11) is 0. The van der Waals surface area contributed by atoms with Crippen molar-refractivity contribution in [2.75, 3.05) is 13.2 Å². The second-order valence-corrected chi connectivity index (χ2v) is 7.49. The van der Waals surface area contributed by atoms with Crippen molar-refractivity contribution in [2.45, 2.75) is 73.6 Å². The van der Waals surface area contributed by atoms with Gasteiger partial charge < -0.3 is 10.2 Å². The first-order chi connectivity index (χ1) is 8.72. The fourth-order valence-electron chi connectivity index (χ4n) is 3.53. The van der Waals surface area contributed by atoms with Gasteiger partial charge in [-0.15, -0.1) is 0 Å². The molecule has 0 aromatic carbocycles. The standard InChI is InChI=1S/C15H30.C2H6O2/c1-7-8-13-10-9-12(2)11-15(13,6)14(3,4)5;3-1-2-4/h12-13H,7-11H2,1-6H3;3-4H,1-2H2. The van der Waals surface area contributed by atoms with Gasteiger partial charge >= 0.3 is 0 Å². The van der Waals surface area contributed by atoms with Crippen LogP contribution in [0.4, 0.5) is 0 Å². The molecule has 0 saturated heterocycles. The molecular formula is C17H36O2. The van der Waals surface area contributed by atoms with E-state index in [1.165, 1.54) is 32.1 Å². The summed E-state index contributed by atoms with van der Waals surface area (Å²) in [5.41, 5.74) is 1.02. The zero-order valence-corrected chi connectivity index (χ0v) is 14.0. The van der Waals surface area contributed by atoms with Crippen LogP contribution >= 0.6 is 0 Å². The van der Waals surface area contributed by atoms with Crippen molar-refractivity contribution in [1.29, 1.82) is 0 Å². The highest BCUT2D eigenvalue weighted by atomic mass is 16.3. The van der Waals surface area contributed by atoms with Crippen LogP contribution in [0.15, 0.2) is 0 Å². The molecule has 116 valence electrons. The number of rotatable bonds is 3. The summed E-state index contributed by atoms with van der Waals surface area (Å²) in [5, 5.41) is 15.2. The number of aliphatic hydroxyl groups is 2. The molecule has 2 N–H and O–H groups in total. The Hall–Kier alpha value is -0.0800. The van der Waals surface area contributed by atoms with E-state index in [1.807, 2.05) is 0 Å². The van der Waals surface area contributed by atoms with Gasteiger partial charge in [0.1, 0.15) is 0 Å². The van der Waals surface area contributed by atoms with Gasteiger partial charge in [0.05, 0.1) is 13.2 Å². The molecule has 3 atom stereocenters. The number of hydrogen-bond donors (Lipinski definition) is 2. The summed E-state index contributed by atoms with van der Waals surface area (Å²) in [4.78, 5) is 0. The van der Waals surface area contributed by atoms with Crippen molar-refractivity contribution in [3.05, 3.63) is 0 Å². The third-order valence-electron chi connectivity index (χ3n) is 5.13. The van der Waals surface area contributed by atoms with Crippen molar-refractivity contribution in [2.24, 2.45) is 22.7 Å². The fraction of sp³-hybridized carbons (Fsp3) is 1.00. The van der Waals surface area contributed by atoms with E-state index in [0.717, 1.165) is 11.8 Å². The summed E-state index contributed by atoms with van der Waals surface area (Å²) in [6.45, 7) is 14.4. The second kappa shape index (κ2) is 8.26. The number of hydrogen-bond acceptors (Lipinski definition) is 2. The molecular weight excluding hydrogens is 236 g/mol. The minimum absolute atomic E-state index is 0.125. The Balaban J connectivity index is 0.000000711. The maximum Gasteiger partial charge on any atom is 0.0662 e. The van der Waals surface area contributed by atoms with Crippen molar-refractivity contribution in [1.82, 2.24) is 0 Å². The van der Waals surface area contributed by atoms with E-state index in [-0.39, 0.29) is 13.2 Å². The molecule has 0 radical (unpaired) electrons. The van der Waals surface area contributed by atoms with Crippen LogP contribution in [-0.4, -0.2) is 23.4 Å². The van der Waals surface area contributed by atoms with Crippen molar-refractivity contribution >= 4 is 0 Å². The predicted molar refractivity (Wildman–Crippen MR) is 83.1 cm³/mol. The lowest BCUT2D eigenvalue weighted by Gasteiger charge is -2.52. The Morgan fingerprint density at radius 1 is 1.11 bits per heavy atom. The van der Waals surface area contributed by atoms with Gasteiger partial charge in [-0.1, -0.05) is 60.8 Å². The van der Waals surface area contributed by atoms with Crippen LogP contribution in [0.3, 0.4) is 0 Å². The smallest absolute Gasteiger partial charge is 0.0662 e. The molecule has 0 aromatic heterocycles. The summed E-state index contributed by atoms with van der Waals surface area (Å²) in [6, 6.07) is 0. The summed E-state index contributed by atoms with van der Waals surface area (Å²) in [5.74, 6) is 1.89. The Kier molecular flexibility index (Phi) is 8.23. The Bertz CT molecular complexity index is 230. The molecule has 0 spiro atoms. The maximum atomic E-state index is 7.62. The topological polar surface area (TPSA) is 40.5 Å². The molecule has 2 nitrogen and oxygen atoms in total. The zero-order chi connectivity index (χ0) is 15.1. The average Bonchev–Trinajstić information content (AvgIpc) is 2.32. The van der Waals surface area contributed by atoms with E-state index in [2.05, 4.69) is 41.5 Å². The van der Waals surface area contributed by atoms with Crippen LogP contribution in [0.1, 0.15) is 73.6 Å². The van der Waals surface area contributed by atoms with Crippen LogP contribution < -0.4 is 0 Å². The molecule has 3 unspecified atom stereocenters. The van der Waals surface area contributed by atoms with E-state index in [4.69, 9.17) is 10.2 Å². The molecule has 1 aliphatic carbocycles. The lowest BCUT2D eigenvalue weighted by Crippen LogP contribution is -2.44. The van der Waals surface area contributed by atoms with Crippen molar-refractivity contribution in [3.63, 3.8) is 0 Å². The van der Waals surface area contributed by atoms with Gasteiger partial charge in [0.25, 0.3) is 0 Å². The molecule has 0 bridgehead atoms. The Labute approximate surface area is 120 Å². The van der Waals surface area contributed by atoms with Crippen LogP contribution in [0.25, 0.3) is 0 Å². The fourth-order valence-corrected chi connectivity index (χ4v) is 3.53. The van der Waals surface area contributed by atoms with E-state index < -0.39 is 0 Å². The zero-order valence-electron chi connectivity index (χ0n) is 14.0. The van der Waals surface area contributed by atoms with Crippen molar-refractivity contribution in [3.8, 4) is 0 Å². The van der Waals surface area contributed by atoms with Gasteiger partial charge in [0, 0.05) is 0 Å². The first-order valence-corrected chi connectivity index (χ1v) is 7.94. The Morgan fingerprint density at radius 3 is 2.00 bits per heavy atom. The largest absolute Gasteiger partial charge is 0.394 e. The predicted octanol–water partition coefficient (Wildman–Crippen LogP) is 4.25. The van der Waals surface area contributed by atoms with Gasteiger partial charge in [-0.05, 0) is 35.5 Å². The minimum atomic E-state index is -0.125. The summed E-state index contributed by atoms with van der Waals surface area (Å²) < 4.78 is 0.